The van der Waals surface area contributed by atoms with Gasteiger partial charge in [0.1, 0.15) is 5.60 Å². The average molecular weight is 571 g/mol. The van der Waals surface area contributed by atoms with Gasteiger partial charge in [-0.25, -0.2) is 4.79 Å². The van der Waals surface area contributed by atoms with E-state index in [1.807, 2.05) is 20.8 Å². The maximum atomic E-state index is 14.1. The van der Waals surface area contributed by atoms with E-state index >= 15 is 0 Å². The summed E-state index contributed by atoms with van der Waals surface area (Å²) in [4.78, 5) is 26.6. The molecule has 0 amide bonds. The highest BCUT2D eigenvalue weighted by molar-refractivity contribution is 5.82. The highest BCUT2D eigenvalue weighted by Gasteiger charge is 2.69. The second kappa shape index (κ2) is 9.83. The van der Waals surface area contributed by atoms with Gasteiger partial charge in [-0.1, -0.05) is 60.1 Å². The minimum atomic E-state index is -0.605. The molecule has 4 fully saturated rings. The lowest BCUT2D eigenvalue weighted by Crippen LogP contribution is -2.65. The first-order chi connectivity index (χ1) is 18.8. The number of allylic oxidation sites excluding steroid dienone is 2. The first kappa shape index (κ1) is 31.1. The van der Waals surface area contributed by atoms with Crippen molar-refractivity contribution in [3.63, 3.8) is 0 Å². The maximum Gasteiger partial charge on any atom is 0.344 e. The molecule has 0 saturated heterocycles. The van der Waals surface area contributed by atoms with Crippen molar-refractivity contribution in [2.24, 2.45) is 56.7 Å². The first-order valence-electron chi connectivity index (χ1n) is 16.6. The number of rotatable bonds is 3. The smallest absolute Gasteiger partial charge is 0.344 e. The largest absolute Gasteiger partial charge is 0.457 e. The van der Waals surface area contributed by atoms with Crippen molar-refractivity contribution in [1.82, 2.24) is 0 Å². The molecule has 0 unspecified atom stereocenters. The zero-order valence-electron chi connectivity index (χ0n) is 27.7. The van der Waals surface area contributed by atoms with Gasteiger partial charge in [0.05, 0.1) is 11.5 Å². The molecule has 1 N–H and O–H groups in total. The maximum absolute atomic E-state index is 14.1. The van der Waals surface area contributed by atoms with Gasteiger partial charge in [-0.15, -0.1) is 0 Å². The number of aliphatic hydroxyl groups excluding tert-OH is 1. The van der Waals surface area contributed by atoms with Crippen molar-refractivity contribution in [1.29, 1.82) is 0 Å². The summed E-state index contributed by atoms with van der Waals surface area (Å²) in [6.45, 7) is 22.2. The number of fused-ring (bicyclic) bond motifs is 7. The van der Waals surface area contributed by atoms with E-state index in [4.69, 9.17) is 9.47 Å². The summed E-state index contributed by atoms with van der Waals surface area (Å²) in [6.07, 6.45) is 11.4. The van der Waals surface area contributed by atoms with Crippen LogP contribution in [0.2, 0.25) is 0 Å². The molecule has 5 heteroatoms. The van der Waals surface area contributed by atoms with Gasteiger partial charge in [0.25, 0.3) is 0 Å². The molecule has 232 valence electrons. The first-order valence-corrected chi connectivity index (χ1v) is 16.6. The third-order valence-corrected chi connectivity index (χ3v) is 14.1. The van der Waals surface area contributed by atoms with Gasteiger partial charge in [-0.05, 0) is 130 Å². The van der Waals surface area contributed by atoms with Crippen LogP contribution in [0.15, 0.2) is 11.6 Å². The Morgan fingerprint density at radius 2 is 1.61 bits per heavy atom. The summed E-state index contributed by atoms with van der Waals surface area (Å²) in [7, 11) is 0. The van der Waals surface area contributed by atoms with Crippen molar-refractivity contribution in [2.75, 3.05) is 6.61 Å². The summed E-state index contributed by atoms with van der Waals surface area (Å²) in [5.41, 5.74) is 0.641. The predicted molar refractivity (Wildman–Crippen MR) is 162 cm³/mol. The lowest BCUT2D eigenvalue weighted by molar-refractivity contribution is -0.208. The molecule has 4 saturated carbocycles. The molecule has 5 aliphatic carbocycles. The monoisotopic (exact) mass is 570 g/mol. The molecule has 0 radical (unpaired) electrons. The third kappa shape index (κ3) is 4.48. The fourth-order valence-corrected chi connectivity index (χ4v) is 11.5. The van der Waals surface area contributed by atoms with Gasteiger partial charge in [-0.3, -0.25) is 4.79 Å². The fraction of sp³-hybridized carbons (Fsp3) is 0.889. The van der Waals surface area contributed by atoms with Crippen LogP contribution in [-0.4, -0.2) is 35.4 Å². The summed E-state index contributed by atoms with van der Waals surface area (Å²) in [5.74, 6) is 1.47. The van der Waals surface area contributed by atoms with Crippen LogP contribution in [0.1, 0.15) is 127 Å². The highest BCUT2D eigenvalue weighted by Crippen LogP contribution is 2.75. The number of hydrogen-bond acceptors (Lipinski definition) is 5. The minimum absolute atomic E-state index is 0.0229. The van der Waals surface area contributed by atoms with Crippen LogP contribution < -0.4 is 0 Å². The number of carbonyl (C=O) groups excluding carboxylic acids is 2. The van der Waals surface area contributed by atoms with Crippen molar-refractivity contribution in [2.45, 2.75) is 139 Å². The third-order valence-electron chi connectivity index (χ3n) is 14.1. The Morgan fingerprint density at radius 3 is 2.27 bits per heavy atom. The zero-order chi connectivity index (χ0) is 30.4. The Hall–Kier alpha value is -1.36. The van der Waals surface area contributed by atoms with E-state index in [1.165, 1.54) is 12.0 Å². The van der Waals surface area contributed by atoms with Crippen molar-refractivity contribution >= 4 is 11.9 Å². The topological polar surface area (TPSA) is 72.8 Å². The summed E-state index contributed by atoms with van der Waals surface area (Å²) in [6, 6.07) is 0. The van der Waals surface area contributed by atoms with Crippen LogP contribution in [-0.2, 0) is 19.1 Å². The number of esters is 2. The van der Waals surface area contributed by atoms with E-state index in [0.29, 0.717) is 23.7 Å². The normalized spacial score (nSPS) is 47.0. The molecular weight excluding hydrogens is 512 g/mol. The van der Waals surface area contributed by atoms with Crippen LogP contribution in [0.25, 0.3) is 0 Å². The van der Waals surface area contributed by atoms with Gasteiger partial charge in [0.2, 0.25) is 0 Å². The van der Waals surface area contributed by atoms with E-state index in [1.54, 1.807) is 0 Å². The average Bonchev–Trinajstić information content (AvgIpc) is 2.86. The van der Waals surface area contributed by atoms with E-state index in [9.17, 15) is 14.7 Å². The molecule has 10 atom stereocenters. The molecule has 0 aliphatic heterocycles. The molecule has 5 rings (SSSR count). The number of hydrogen-bond donors (Lipinski definition) is 1. The van der Waals surface area contributed by atoms with Gasteiger partial charge in [0, 0.05) is 0 Å². The van der Waals surface area contributed by atoms with E-state index < -0.39 is 17.0 Å². The molecule has 41 heavy (non-hydrogen) atoms. The Kier molecular flexibility index (Phi) is 7.45. The molecule has 5 nitrogen and oxygen atoms in total. The summed E-state index contributed by atoms with van der Waals surface area (Å²) in [5, 5.41) is 11.0. The van der Waals surface area contributed by atoms with E-state index in [0.717, 1.165) is 51.4 Å². The Morgan fingerprint density at radius 1 is 0.927 bits per heavy atom. The van der Waals surface area contributed by atoms with Crippen LogP contribution in [0.4, 0.5) is 0 Å². The highest BCUT2D eigenvalue weighted by atomic mass is 16.6. The molecule has 0 aromatic carbocycles. The lowest BCUT2D eigenvalue weighted by atomic mass is 9.33. The van der Waals surface area contributed by atoms with Crippen molar-refractivity contribution in [3.05, 3.63) is 11.6 Å². The lowest BCUT2D eigenvalue weighted by Gasteiger charge is -2.71. The van der Waals surface area contributed by atoms with E-state index in [2.05, 4.69) is 54.5 Å². The Labute approximate surface area is 249 Å². The molecule has 0 heterocycles. The van der Waals surface area contributed by atoms with Crippen LogP contribution in [0.3, 0.4) is 0 Å². The molecule has 0 aromatic heterocycles. The number of aliphatic hydroxyl groups is 1. The van der Waals surface area contributed by atoms with Crippen molar-refractivity contribution in [3.8, 4) is 0 Å². The Bertz CT molecular complexity index is 1100. The van der Waals surface area contributed by atoms with Gasteiger partial charge in [-0.2, -0.15) is 0 Å². The summed E-state index contributed by atoms with van der Waals surface area (Å²) >= 11 is 0. The van der Waals surface area contributed by atoms with Gasteiger partial charge >= 0.3 is 11.9 Å². The SMILES string of the molecule is C[C@H]1[C@H](C)CC[C@]2(C(=O)OCC(=O)OC(C)(C)C)CC[C@]3(C)C(=CC[C@@H]4[C@@]5(C)CC[C@H](O)C(C)(C)[C@@H]5CC[C@]43C)[C@H]12. The second-order valence-corrected chi connectivity index (χ2v) is 17.3. The number of carbonyl (C=O) groups is 2. The van der Waals surface area contributed by atoms with Crippen LogP contribution >= 0.6 is 0 Å². The van der Waals surface area contributed by atoms with Gasteiger partial charge in [0.15, 0.2) is 6.61 Å². The van der Waals surface area contributed by atoms with Crippen LogP contribution in [0.5, 0.6) is 0 Å². The second-order valence-electron chi connectivity index (χ2n) is 17.3. The number of ether oxygens (including phenoxy) is 2. The standard InChI is InChI=1S/C36H58O5/c1-22-13-18-36(30(39)40-21-28(38)41-31(3,4)5)20-19-34(9)24(29(36)23(22)2)11-12-26-33(8)16-15-27(37)32(6,7)25(33)14-17-35(26,34)10/h11,22-23,25-27,29,37H,12-21H2,1-10H3/t22-,23+,25+,26-,27+,29+,33+,34-,35-,36+/m1/s1. The molecule has 5 aliphatic rings. The summed E-state index contributed by atoms with van der Waals surface area (Å²) < 4.78 is 11.3. The Balaban J connectivity index is 1.50. The van der Waals surface area contributed by atoms with Crippen LogP contribution in [0, 0.1) is 56.7 Å². The fourth-order valence-electron chi connectivity index (χ4n) is 11.5. The zero-order valence-corrected chi connectivity index (χ0v) is 27.7. The van der Waals surface area contributed by atoms with Crippen molar-refractivity contribution < 1.29 is 24.2 Å². The molecule has 0 aromatic rings. The molecule has 0 spiro atoms. The minimum Gasteiger partial charge on any atom is -0.457 e. The molecular formula is C36H58O5. The van der Waals surface area contributed by atoms with E-state index in [-0.39, 0.29) is 46.3 Å². The quantitative estimate of drug-likeness (QED) is 0.276. The molecule has 0 bridgehead atoms. The van der Waals surface area contributed by atoms with Gasteiger partial charge < -0.3 is 14.6 Å². The predicted octanol–water partition coefficient (Wildman–Crippen LogP) is 7.89.